The minimum atomic E-state index is -0.464. The van der Waals surface area contributed by atoms with Crippen molar-refractivity contribution in [3.63, 3.8) is 0 Å². The number of hydrogen-bond acceptors (Lipinski definition) is 6. The highest BCUT2D eigenvalue weighted by molar-refractivity contribution is 5.65. The van der Waals surface area contributed by atoms with E-state index in [2.05, 4.69) is 67.5 Å². The van der Waals surface area contributed by atoms with E-state index < -0.39 is 11.3 Å². The van der Waals surface area contributed by atoms with Crippen molar-refractivity contribution in [2.24, 2.45) is 35.5 Å². The molecule has 0 aliphatic rings. The van der Waals surface area contributed by atoms with E-state index in [1.165, 1.54) is 32.1 Å². The quantitative estimate of drug-likeness (QED) is 0.198. The van der Waals surface area contributed by atoms with Gasteiger partial charge in [-0.15, -0.1) is 0 Å². The zero-order valence-corrected chi connectivity index (χ0v) is 32.1. The second-order valence-electron chi connectivity index (χ2n) is 14.8. The van der Waals surface area contributed by atoms with Crippen LogP contribution in [0.25, 0.3) is 11.1 Å². The van der Waals surface area contributed by atoms with Crippen molar-refractivity contribution in [3.8, 4) is 11.5 Å². The van der Waals surface area contributed by atoms with Crippen LogP contribution in [0.5, 0.6) is 11.5 Å². The fourth-order valence-electron chi connectivity index (χ4n) is 6.97. The molecule has 4 unspecified atom stereocenters. The molecule has 6 heteroatoms. The van der Waals surface area contributed by atoms with Gasteiger partial charge in [0.2, 0.25) is 0 Å². The Morgan fingerprint density at radius 2 is 0.957 bits per heavy atom. The summed E-state index contributed by atoms with van der Waals surface area (Å²) < 4.78 is 10.8. The highest BCUT2D eigenvalue weighted by atomic mass is 16.4. The number of allylic oxidation sites excluding steroid dienone is 4. The molecule has 2 rings (SSSR count). The molecule has 2 aromatic heterocycles. The van der Waals surface area contributed by atoms with E-state index in [0.717, 1.165) is 35.8 Å². The molecule has 2 heterocycles. The van der Waals surface area contributed by atoms with Crippen LogP contribution in [0.3, 0.4) is 0 Å². The Morgan fingerprint density at radius 1 is 0.596 bits per heavy atom. The first-order chi connectivity index (χ1) is 21.8. The molecule has 0 spiro atoms. The van der Waals surface area contributed by atoms with E-state index in [9.17, 15) is 19.8 Å². The second-order valence-corrected chi connectivity index (χ2v) is 14.8. The smallest absolute Gasteiger partial charge is 0.342 e. The molecule has 0 saturated carbocycles. The Labute approximate surface area is 285 Å². The molecule has 0 saturated heterocycles. The Morgan fingerprint density at radius 3 is 1.30 bits per heavy atom. The van der Waals surface area contributed by atoms with Gasteiger partial charge in [0.1, 0.15) is 23.0 Å². The lowest BCUT2D eigenvalue weighted by Crippen LogP contribution is -2.08. The lowest BCUT2D eigenvalue weighted by Gasteiger charge is -2.19. The van der Waals surface area contributed by atoms with Crippen LogP contribution in [0.1, 0.15) is 148 Å². The van der Waals surface area contributed by atoms with E-state index >= 15 is 0 Å². The second kappa shape index (κ2) is 19.7. The maximum absolute atomic E-state index is 11.8. The van der Waals surface area contributed by atoms with Crippen LogP contribution in [-0.2, 0) is 0 Å². The van der Waals surface area contributed by atoms with Crippen LogP contribution in [-0.4, -0.2) is 10.2 Å². The lowest BCUT2D eigenvalue weighted by atomic mass is 9.87. The molecule has 47 heavy (non-hydrogen) atoms. The van der Waals surface area contributed by atoms with Crippen LogP contribution < -0.4 is 11.3 Å². The third-order valence-electron chi connectivity index (χ3n) is 9.53. The first-order valence-electron chi connectivity index (χ1n) is 17.9. The summed E-state index contributed by atoms with van der Waals surface area (Å²) in [7, 11) is 0. The third kappa shape index (κ3) is 13.2. The van der Waals surface area contributed by atoms with Gasteiger partial charge in [-0.1, -0.05) is 86.8 Å². The molecule has 0 aliphatic carbocycles. The lowest BCUT2D eigenvalue weighted by molar-refractivity contribution is 0.353. The molecule has 6 atom stereocenters. The number of hydrogen-bond donors (Lipinski definition) is 2. The average molecular weight is 655 g/mol. The first-order valence-corrected chi connectivity index (χ1v) is 17.9. The van der Waals surface area contributed by atoms with Crippen molar-refractivity contribution in [1.29, 1.82) is 0 Å². The van der Waals surface area contributed by atoms with Crippen LogP contribution in [0, 0.1) is 63.2 Å². The number of aromatic hydroxyl groups is 2. The predicted molar refractivity (Wildman–Crippen MR) is 198 cm³/mol. The molecule has 0 amide bonds. The molecule has 2 aromatic rings. The normalized spacial score (nSPS) is 16.1. The zero-order valence-electron chi connectivity index (χ0n) is 32.1. The molecular formula is C41H66O6. The summed E-state index contributed by atoms with van der Waals surface area (Å²) in [4.78, 5) is 23.6. The fourth-order valence-corrected chi connectivity index (χ4v) is 6.97. The van der Waals surface area contributed by atoms with Crippen molar-refractivity contribution in [2.75, 3.05) is 0 Å². The molecule has 0 fully saturated rings. The minimum Gasteiger partial charge on any atom is -0.507 e. The Bertz CT molecular complexity index is 1460. The Balaban J connectivity index is 0.000000470. The summed E-state index contributed by atoms with van der Waals surface area (Å²) in [6.45, 7) is 28.7. The highest BCUT2D eigenvalue weighted by Crippen LogP contribution is 2.31. The molecule has 0 bridgehead atoms. The van der Waals surface area contributed by atoms with Gasteiger partial charge in [0.15, 0.2) is 0 Å². The molecule has 6 nitrogen and oxygen atoms in total. The third-order valence-corrected chi connectivity index (χ3v) is 9.53. The molecule has 0 aromatic carbocycles. The van der Waals surface area contributed by atoms with E-state index in [0.29, 0.717) is 46.3 Å². The van der Waals surface area contributed by atoms with Crippen LogP contribution in [0.4, 0.5) is 0 Å². The van der Waals surface area contributed by atoms with Gasteiger partial charge in [-0.05, 0) is 114 Å². The molecular weight excluding hydrogens is 588 g/mol. The van der Waals surface area contributed by atoms with Gasteiger partial charge >= 0.3 is 11.3 Å². The maximum Gasteiger partial charge on any atom is 0.342 e. The van der Waals surface area contributed by atoms with Crippen molar-refractivity contribution >= 4 is 11.1 Å². The van der Waals surface area contributed by atoms with Gasteiger partial charge in [0, 0.05) is 11.1 Å². The van der Waals surface area contributed by atoms with Crippen LogP contribution in [0.2, 0.25) is 0 Å². The monoisotopic (exact) mass is 654 g/mol. The van der Waals surface area contributed by atoms with Crippen LogP contribution >= 0.6 is 0 Å². The van der Waals surface area contributed by atoms with Gasteiger partial charge < -0.3 is 19.0 Å². The molecule has 0 radical (unpaired) electrons. The minimum absolute atomic E-state index is 0.0433. The SMILES string of the molecule is CCC(C)C[C@@H](C)CC(C)C=C(C)c1oc(=O)c(C)c(O)c1C.CCCC(C)C[C@@H](C)CC(C)C=C(C)c1oc(=O)c(C)c(O)c1C. The van der Waals surface area contributed by atoms with Crippen LogP contribution in [0.15, 0.2) is 30.6 Å². The van der Waals surface area contributed by atoms with Crippen molar-refractivity contribution in [1.82, 2.24) is 0 Å². The van der Waals surface area contributed by atoms with E-state index in [4.69, 9.17) is 8.83 Å². The summed E-state index contributed by atoms with van der Waals surface area (Å²) in [5, 5.41) is 20.1. The van der Waals surface area contributed by atoms with Gasteiger partial charge in [-0.25, -0.2) is 9.59 Å². The van der Waals surface area contributed by atoms with Gasteiger partial charge in [0.05, 0.1) is 11.1 Å². The van der Waals surface area contributed by atoms with Crippen molar-refractivity contribution in [3.05, 3.63) is 66.8 Å². The highest BCUT2D eigenvalue weighted by Gasteiger charge is 2.18. The predicted octanol–water partition coefficient (Wildman–Crippen LogP) is 11.3. The fraction of sp³-hybridized carbons (Fsp3) is 0.659. The topological polar surface area (TPSA) is 101 Å². The zero-order chi connectivity index (χ0) is 36.2. The summed E-state index contributed by atoms with van der Waals surface area (Å²) in [6.07, 6.45) is 12.8. The standard InChI is InChI=1S/C21H34O3.C20H32O3/c1-8-9-13(2)10-14(3)11-15(4)12-16(5)20-17(6)19(22)18(7)21(23)24-20;1-8-12(2)9-13(3)10-14(4)11-15(5)19-16(6)18(21)17(7)20(22)23-19/h12-15,22H,8-11H2,1-7H3;11-14,21H,8-10H2,1-7H3/t13?,14-,15?;12?,13-,14?/m11/s1. The van der Waals surface area contributed by atoms with Crippen molar-refractivity contribution < 1.29 is 19.0 Å². The maximum atomic E-state index is 11.8. The summed E-state index contributed by atoms with van der Waals surface area (Å²) >= 11 is 0. The van der Waals surface area contributed by atoms with Crippen molar-refractivity contribution in [2.45, 2.75) is 142 Å². The largest absolute Gasteiger partial charge is 0.507 e. The average Bonchev–Trinajstić information content (AvgIpc) is 2.98. The first kappa shape index (κ1) is 42.0. The van der Waals surface area contributed by atoms with E-state index in [1.807, 2.05) is 13.8 Å². The summed E-state index contributed by atoms with van der Waals surface area (Å²) in [6, 6.07) is 0. The summed E-state index contributed by atoms with van der Waals surface area (Å²) in [5.41, 5.74) is 2.72. The Kier molecular flexibility index (Phi) is 17.6. The van der Waals surface area contributed by atoms with Gasteiger partial charge in [-0.2, -0.15) is 0 Å². The van der Waals surface area contributed by atoms with E-state index in [1.54, 1.807) is 27.7 Å². The van der Waals surface area contributed by atoms with Gasteiger partial charge in [0.25, 0.3) is 0 Å². The molecule has 2 N–H and O–H groups in total. The van der Waals surface area contributed by atoms with Gasteiger partial charge in [-0.3, -0.25) is 0 Å². The summed E-state index contributed by atoms with van der Waals surface area (Å²) in [5.74, 6) is 4.78. The molecule has 266 valence electrons. The number of rotatable bonds is 15. The molecule has 0 aliphatic heterocycles. The van der Waals surface area contributed by atoms with E-state index in [-0.39, 0.29) is 22.6 Å². The Hall–Kier alpha value is -3.02.